The number of benzene rings is 2. The Hall–Kier alpha value is -4.87. The molecule has 4 heterocycles. The van der Waals surface area contributed by atoms with Gasteiger partial charge in [0.05, 0.1) is 19.2 Å². The van der Waals surface area contributed by atoms with Crippen LogP contribution in [0.25, 0.3) is 11.0 Å². The summed E-state index contributed by atoms with van der Waals surface area (Å²) in [5, 5.41) is 12.2. The maximum absolute atomic E-state index is 13.8. The maximum Gasteiger partial charge on any atom is 0.245 e. The van der Waals surface area contributed by atoms with Gasteiger partial charge in [0.15, 0.2) is 0 Å². The van der Waals surface area contributed by atoms with Gasteiger partial charge in [-0.15, -0.1) is 0 Å². The van der Waals surface area contributed by atoms with Crippen molar-refractivity contribution in [1.82, 2.24) is 26.2 Å². The average Bonchev–Trinajstić information content (AvgIpc) is 3.70. The molecule has 0 aliphatic carbocycles. The second-order valence-corrected chi connectivity index (χ2v) is 13.6. The number of ether oxygens (including phenoxy) is 1. The van der Waals surface area contributed by atoms with Crippen LogP contribution < -0.4 is 26.0 Å². The monoisotopic (exact) mass is 673 g/mol. The van der Waals surface area contributed by atoms with Crippen molar-refractivity contribution in [2.75, 3.05) is 19.7 Å². The molecule has 3 aromatic rings. The third-order valence-corrected chi connectivity index (χ3v) is 9.04. The highest BCUT2D eigenvalue weighted by Gasteiger charge is 2.38. The van der Waals surface area contributed by atoms with Crippen molar-refractivity contribution in [3.05, 3.63) is 64.9 Å². The number of nitrogens with zero attached hydrogens (tertiary/aromatic N) is 1. The maximum atomic E-state index is 13.8. The van der Waals surface area contributed by atoms with Gasteiger partial charge in [-0.2, -0.15) is 0 Å². The highest BCUT2D eigenvalue weighted by molar-refractivity contribution is 5.96. The Kier molecular flexibility index (Phi) is 11.3. The first kappa shape index (κ1) is 35.4. The first-order chi connectivity index (χ1) is 23.4. The molecule has 12 nitrogen and oxygen atoms in total. The zero-order valence-electron chi connectivity index (χ0n) is 28.9. The number of amides is 5. The van der Waals surface area contributed by atoms with Gasteiger partial charge >= 0.3 is 0 Å². The molecule has 12 heteroatoms. The number of hydrogen-bond donors (Lipinski definition) is 4. The number of fused-ring (bicyclic) bond motifs is 15. The van der Waals surface area contributed by atoms with Crippen LogP contribution in [0.15, 0.2) is 47.1 Å². The number of rotatable bonds is 5. The molecule has 0 unspecified atom stereocenters. The van der Waals surface area contributed by atoms with E-state index in [0.717, 1.165) is 22.1 Å². The molecule has 1 fully saturated rings. The van der Waals surface area contributed by atoms with Crippen molar-refractivity contribution in [3.63, 3.8) is 0 Å². The molecule has 2 aromatic carbocycles. The number of furan rings is 1. The van der Waals surface area contributed by atoms with E-state index in [1.54, 1.807) is 23.3 Å². The summed E-state index contributed by atoms with van der Waals surface area (Å²) in [5.74, 6) is -1.39. The van der Waals surface area contributed by atoms with Crippen molar-refractivity contribution in [1.29, 1.82) is 0 Å². The van der Waals surface area contributed by atoms with E-state index in [1.807, 2.05) is 52.0 Å². The Morgan fingerprint density at radius 2 is 1.78 bits per heavy atom. The van der Waals surface area contributed by atoms with Gasteiger partial charge in [-0.25, -0.2) is 0 Å². The molecule has 2 bridgehead atoms. The number of hydrogen-bond acceptors (Lipinski definition) is 7. The average molecular weight is 674 g/mol. The second-order valence-electron chi connectivity index (χ2n) is 13.6. The first-order valence-corrected chi connectivity index (χ1v) is 17.1. The minimum absolute atomic E-state index is 0.00345. The van der Waals surface area contributed by atoms with Crippen LogP contribution in [-0.2, 0) is 36.8 Å². The molecule has 3 aliphatic heterocycles. The molecule has 1 saturated heterocycles. The topological polar surface area (TPSA) is 159 Å². The number of nitrogens with one attached hydrogen (secondary N) is 4. The zero-order chi connectivity index (χ0) is 35.2. The standard InChI is InChI=1S/C37H47N5O7/c1-21(2)15-29-37(47)42-13-6-7-30(42)36(46)38-12-14-48-27-10-8-25(9-11-27)18-28(35(45)39-24(5)34(44)41-29)40-32(43)19-26-20-49-31-17-22(3)16-23(4)33(26)31/h8-11,16-17,20-21,24,28-30H,6-7,12-15,18-19H2,1-5H3,(H,38,46)(H,39,45)(H,40,43)(H,41,44)/t24-,28+,29+,30-/m1/s1. The lowest BCUT2D eigenvalue weighted by molar-refractivity contribution is -0.142. The Balaban J connectivity index is 1.38. The SMILES string of the molecule is Cc1cc(C)c2c(CC(=O)N[C@H]3Cc4ccc(cc4)OCCNC(=O)[C@H]4CCCN4C(=O)[C@H](CC(C)C)NC(=O)[C@@H](C)NC3=O)coc2c1. The highest BCUT2D eigenvalue weighted by Crippen LogP contribution is 2.27. The molecule has 0 spiro atoms. The van der Waals surface area contributed by atoms with Crippen molar-refractivity contribution >= 4 is 40.5 Å². The summed E-state index contributed by atoms with van der Waals surface area (Å²) in [6, 6.07) is 7.55. The Morgan fingerprint density at radius 3 is 2.51 bits per heavy atom. The second kappa shape index (κ2) is 15.6. The fraction of sp³-hybridized carbons (Fsp3) is 0.486. The van der Waals surface area contributed by atoms with Crippen molar-refractivity contribution in [3.8, 4) is 5.75 Å². The van der Waals surface area contributed by atoms with Gasteiger partial charge in [0, 0.05) is 23.9 Å². The molecule has 6 rings (SSSR count). The third kappa shape index (κ3) is 8.79. The van der Waals surface area contributed by atoms with Crippen LogP contribution in [0.3, 0.4) is 0 Å². The summed E-state index contributed by atoms with van der Waals surface area (Å²) in [6.45, 7) is 10.3. The largest absolute Gasteiger partial charge is 0.492 e. The Morgan fingerprint density at radius 1 is 1.02 bits per heavy atom. The Labute approximate surface area is 286 Å². The zero-order valence-corrected chi connectivity index (χ0v) is 28.9. The minimum Gasteiger partial charge on any atom is -0.492 e. The highest BCUT2D eigenvalue weighted by atomic mass is 16.5. The molecule has 3 aliphatic rings. The van der Waals surface area contributed by atoms with E-state index in [-0.39, 0.29) is 49.6 Å². The van der Waals surface area contributed by atoms with E-state index in [2.05, 4.69) is 21.3 Å². The van der Waals surface area contributed by atoms with E-state index in [0.29, 0.717) is 42.7 Å². The first-order valence-electron chi connectivity index (χ1n) is 17.1. The quantitative estimate of drug-likeness (QED) is 0.324. The molecule has 5 amide bonds. The summed E-state index contributed by atoms with van der Waals surface area (Å²) in [7, 11) is 0. The lowest BCUT2D eigenvalue weighted by Gasteiger charge is -2.30. The van der Waals surface area contributed by atoms with Crippen molar-refractivity contribution in [2.45, 2.75) is 90.9 Å². The van der Waals surface area contributed by atoms with Gasteiger partial charge in [0.1, 0.15) is 42.1 Å². The lowest BCUT2D eigenvalue weighted by atomic mass is 10.0. The van der Waals surface area contributed by atoms with Crippen LogP contribution in [0, 0.1) is 19.8 Å². The number of carbonyl (C=O) groups excluding carboxylic acids is 5. The third-order valence-electron chi connectivity index (χ3n) is 9.04. The molecule has 262 valence electrons. The molecular weight excluding hydrogens is 626 g/mol. The van der Waals surface area contributed by atoms with Crippen molar-refractivity contribution in [2.24, 2.45) is 5.92 Å². The van der Waals surface area contributed by atoms with Crippen LogP contribution in [0.2, 0.25) is 0 Å². The number of carbonyl (C=O) groups is 5. The van der Waals surface area contributed by atoms with Crippen LogP contribution in [0.5, 0.6) is 5.75 Å². The van der Waals surface area contributed by atoms with Gasteiger partial charge < -0.3 is 35.3 Å². The molecule has 1 aromatic heterocycles. The number of aryl methyl sites for hydroxylation is 2. The molecule has 49 heavy (non-hydrogen) atoms. The van der Waals surface area contributed by atoms with Crippen LogP contribution in [0.4, 0.5) is 0 Å². The Bertz CT molecular complexity index is 1700. The van der Waals surface area contributed by atoms with E-state index in [4.69, 9.17) is 9.15 Å². The van der Waals surface area contributed by atoms with Gasteiger partial charge in [0.25, 0.3) is 0 Å². The van der Waals surface area contributed by atoms with Gasteiger partial charge in [-0.3, -0.25) is 24.0 Å². The minimum atomic E-state index is -1.02. The normalized spacial score (nSPS) is 22.7. The van der Waals surface area contributed by atoms with Crippen molar-refractivity contribution < 1.29 is 33.1 Å². The summed E-state index contributed by atoms with van der Waals surface area (Å²) in [6.07, 6.45) is 3.27. The molecule has 4 atom stereocenters. The summed E-state index contributed by atoms with van der Waals surface area (Å²) >= 11 is 0. The van der Waals surface area contributed by atoms with Gasteiger partial charge in [-0.1, -0.05) is 32.0 Å². The van der Waals surface area contributed by atoms with E-state index in [1.165, 1.54) is 6.92 Å². The van der Waals surface area contributed by atoms with E-state index < -0.39 is 36.0 Å². The molecule has 4 N–H and O–H groups in total. The summed E-state index contributed by atoms with van der Waals surface area (Å²) < 4.78 is 11.6. The molecule has 0 saturated carbocycles. The van der Waals surface area contributed by atoms with Crippen LogP contribution >= 0.6 is 0 Å². The van der Waals surface area contributed by atoms with Gasteiger partial charge in [0.2, 0.25) is 29.5 Å². The summed E-state index contributed by atoms with van der Waals surface area (Å²) in [4.78, 5) is 69.0. The van der Waals surface area contributed by atoms with E-state index in [9.17, 15) is 24.0 Å². The predicted molar refractivity (Wildman–Crippen MR) is 184 cm³/mol. The molecular formula is C37H47N5O7. The predicted octanol–water partition coefficient (Wildman–Crippen LogP) is 2.85. The van der Waals surface area contributed by atoms with Crippen LogP contribution in [-0.4, -0.2) is 78.3 Å². The fourth-order valence-electron chi connectivity index (χ4n) is 6.68. The van der Waals surface area contributed by atoms with Gasteiger partial charge in [-0.05, 0) is 80.8 Å². The van der Waals surface area contributed by atoms with E-state index >= 15 is 0 Å². The lowest BCUT2D eigenvalue weighted by Crippen LogP contribution is -2.58. The smallest absolute Gasteiger partial charge is 0.245 e. The summed E-state index contributed by atoms with van der Waals surface area (Å²) in [5.41, 5.74) is 4.21. The fourth-order valence-corrected chi connectivity index (χ4v) is 6.68. The van der Waals surface area contributed by atoms with Crippen LogP contribution in [0.1, 0.15) is 62.3 Å². The molecule has 0 radical (unpaired) electrons.